The molecule has 1 fully saturated rings. The summed E-state index contributed by atoms with van der Waals surface area (Å²) < 4.78 is 0. The lowest BCUT2D eigenvalue weighted by Gasteiger charge is -2.26. The van der Waals surface area contributed by atoms with E-state index in [1.165, 1.54) is 11.3 Å². The fourth-order valence-corrected chi connectivity index (χ4v) is 4.26. The Bertz CT molecular complexity index is 935. The minimum absolute atomic E-state index is 0.00776. The van der Waals surface area contributed by atoms with E-state index >= 15 is 0 Å². The number of nitrogens with one attached hydrogen (secondary N) is 1. The molecule has 2 heterocycles. The number of hydrogen-bond acceptors (Lipinski definition) is 3. The summed E-state index contributed by atoms with van der Waals surface area (Å²) in [7, 11) is 0. The van der Waals surface area contributed by atoms with Crippen LogP contribution in [0.2, 0.25) is 0 Å². The van der Waals surface area contributed by atoms with Gasteiger partial charge in [-0.1, -0.05) is 61.2 Å². The van der Waals surface area contributed by atoms with Gasteiger partial charge in [-0.05, 0) is 37.8 Å². The van der Waals surface area contributed by atoms with Crippen LogP contribution < -0.4 is 5.32 Å². The topological polar surface area (TPSA) is 49.4 Å². The van der Waals surface area contributed by atoms with Crippen LogP contribution in [0.25, 0.3) is 10.4 Å². The summed E-state index contributed by atoms with van der Waals surface area (Å²) in [4.78, 5) is 28.7. The highest BCUT2D eigenvalue weighted by Crippen LogP contribution is 2.36. The number of rotatable bonds is 6. The van der Waals surface area contributed by atoms with E-state index < -0.39 is 0 Å². The van der Waals surface area contributed by atoms with Crippen LogP contribution in [-0.4, -0.2) is 29.8 Å². The second-order valence-electron chi connectivity index (χ2n) is 7.00. The van der Waals surface area contributed by atoms with E-state index in [9.17, 15) is 9.59 Å². The zero-order chi connectivity index (χ0) is 20.6. The number of carbonyl (C=O) groups excluding carboxylic acids is 2. The Labute approximate surface area is 176 Å². The van der Waals surface area contributed by atoms with Gasteiger partial charge in [0.2, 0.25) is 0 Å². The van der Waals surface area contributed by atoms with E-state index in [0.29, 0.717) is 16.1 Å². The van der Waals surface area contributed by atoms with Gasteiger partial charge in [-0.3, -0.25) is 9.59 Å². The average molecular weight is 407 g/mol. The zero-order valence-electron chi connectivity index (χ0n) is 16.7. The van der Waals surface area contributed by atoms with Crippen LogP contribution in [0.3, 0.4) is 0 Å². The maximum atomic E-state index is 13.2. The molecule has 2 aromatic rings. The molecule has 0 spiro atoms. The molecule has 1 aliphatic rings. The van der Waals surface area contributed by atoms with Crippen molar-refractivity contribution in [2.75, 3.05) is 18.4 Å². The van der Waals surface area contributed by atoms with Gasteiger partial charge < -0.3 is 10.2 Å². The van der Waals surface area contributed by atoms with E-state index in [1.54, 1.807) is 31.2 Å². The highest BCUT2D eigenvalue weighted by Gasteiger charge is 2.24. The molecule has 0 saturated carbocycles. The third-order valence-corrected chi connectivity index (χ3v) is 5.94. The first kappa shape index (κ1) is 20.8. The molecule has 4 nitrogen and oxygen atoms in total. The number of piperidine rings is 1. The Hall–Kier alpha value is -2.92. The van der Waals surface area contributed by atoms with Gasteiger partial charge in [-0.2, -0.15) is 0 Å². The van der Waals surface area contributed by atoms with Gasteiger partial charge in [0, 0.05) is 23.5 Å². The first-order chi connectivity index (χ1) is 14.1. The summed E-state index contributed by atoms with van der Waals surface area (Å²) in [5.74, 6) is -0.223. The second-order valence-corrected chi connectivity index (χ2v) is 8.05. The van der Waals surface area contributed by atoms with Crippen LogP contribution in [-0.2, 0) is 4.79 Å². The molecule has 0 bridgehead atoms. The van der Waals surface area contributed by atoms with Crippen molar-refractivity contribution in [3.63, 3.8) is 0 Å². The molecule has 0 atom stereocenters. The summed E-state index contributed by atoms with van der Waals surface area (Å²) in [5.41, 5.74) is 2.17. The van der Waals surface area contributed by atoms with Crippen molar-refractivity contribution in [1.29, 1.82) is 0 Å². The number of likely N-dealkylation sites (tertiary alicyclic amines) is 1. The van der Waals surface area contributed by atoms with E-state index in [-0.39, 0.29) is 11.8 Å². The number of allylic oxidation sites excluding steroid dienone is 4. The molecule has 0 unspecified atom stereocenters. The molecular formula is C24H26N2O2S. The smallest absolute Gasteiger partial charge is 0.256 e. The summed E-state index contributed by atoms with van der Waals surface area (Å²) in [6.07, 6.45) is 10.1. The maximum absolute atomic E-state index is 13.2. The molecule has 1 aliphatic heterocycles. The number of carbonyl (C=O) groups is 2. The molecular weight excluding hydrogens is 380 g/mol. The van der Waals surface area contributed by atoms with Crippen molar-refractivity contribution < 1.29 is 9.59 Å². The number of benzene rings is 1. The van der Waals surface area contributed by atoms with Crippen molar-refractivity contribution >= 4 is 28.2 Å². The fourth-order valence-electron chi connectivity index (χ4n) is 3.21. The molecule has 29 heavy (non-hydrogen) atoms. The molecule has 1 saturated heterocycles. The molecule has 1 aromatic heterocycles. The highest BCUT2D eigenvalue weighted by molar-refractivity contribution is 7.20. The van der Waals surface area contributed by atoms with Gasteiger partial charge >= 0.3 is 0 Å². The van der Waals surface area contributed by atoms with Crippen LogP contribution in [0, 0.1) is 0 Å². The SMILES string of the molecule is C=C/C=C\C=C(/C)C(=O)Nc1sc(-c2ccccc2)cc1C(=O)N1CCCCC1. The molecule has 1 aromatic carbocycles. The van der Waals surface area contributed by atoms with Crippen molar-refractivity contribution in [1.82, 2.24) is 4.90 Å². The number of nitrogens with zero attached hydrogens (tertiary/aromatic N) is 1. The Morgan fingerprint density at radius 1 is 1.10 bits per heavy atom. The van der Waals surface area contributed by atoms with E-state index in [2.05, 4.69) is 11.9 Å². The lowest BCUT2D eigenvalue weighted by molar-refractivity contribution is -0.112. The fraction of sp³-hybridized carbons (Fsp3) is 0.250. The van der Waals surface area contributed by atoms with Crippen molar-refractivity contribution in [2.45, 2.75) is 26.2 Å². The molecule has 1 N–H and O–H groups in total. The first-order valence-corrected chi connectivity index (χ1v) is 10.7. The quantitative estimate of drug-likeness (QED) is 0.496. The predicted molar refractivity (Wildman–Crippen MR) is 121 cm³/mol. The van der Waals surface area contributed by atoms with Crippen molar-refractivity contribution in [3.8, 4) is 10.4 Å². The van der Waals surface area contributed by atoms with Gasteiger partial charge in [0.1, 0.15) is 5.00 Å². The molecule has 5 heteroatoms. The molecule has 3 rings (SSSR count). The van der Waals surface area contributed by atoms with Gasteiger partial charge in [0.25, 0.3) is 11.8 Å². The van der Waals surface area contributed by atoms with E-state index in [4.69, 9.17) is 0 Å². The van der Waals surface area contributed by atoms with Crippen molar-refractivity contribution in [2.24, 2.45) is 0 Å². The number of amides is 2. The minimum Gasteiger partial charge on any atom is -0.339 e. The molecule has 0 aliphatic carbocycles. The van der Waals surface area contributed by atoms with Crippen LogP contribution >= 0.6 is 11.3 Å². The van der Waals surface area contributed by atoms with Crippen molar-refractivity contribution in [3.05, 3.63) is 78.4 Å². The lowest BCUT2D eigenvalue weighted by atomic mass is 10.1. The molecule has 2 amide bonds. The van der Waals surface area contributed by atoms with Crippen LogP contribution in [0.15, 0.2) is 72.9 Å². The summed E-state index contributed by atoms with van der Waals surface area (Å²) in [5, 5.41) is 3.55. The number of thiophene rings is 1. The van der Waals surface area contributed by atoms with Gasteiger partial charge in [0.15, 0.2) is 0 Å². The highest BCUT2D eigenvalue weighted by atomic mass is 32.1. The van der Waals surface area contributed by atoms with Crippen LogP contribution in [0.4, 0.5) is 5.00 Å². The standard InChI is InChI=1S/C24H26N2O2S/c1-3-4-7-12-18(2)22(27)25-23-20(24(28)26-15-10-6-11-16-26)17-21(29-23)19-13-8-5-9-14-19/h3-5,7-9,12-14,17H,1,6,10-11,15-16H2,2H3,(H,25,27)/b7-4-,18-12+. The van der Waals surface area contributed by atoms with Gasteiger partial charge in [-0.25, -0.2) is 0 Å². The monoisotopic (exact) mass is 406 g/mol. The van der Waals surface area contributed by atoms with Gasteiger partial charge in [-0.15, -0.1) is 11.3 Å². The number of hydrogen-bond donors (Lipinski definition) is 1. The van der Waals surface area contributed by atoms with Gasteiger partial charge in [0.05, 0.1) is 5.56 Å². The normalized spacial score (nSPS) is 14.8. The average Bonchev–Trinajstić information content (AvgIpc) is 3.18. The third kappa shape index (κ3) is 5.33. The Morgan fingerprint density at radius 3 is 2.52 bits per heavy atom. The summed E-state index contributed by atoms with van der Waals surface area (Å²) in [6.45, 7) is 6.91. The van der Waals surface area contributed by atoms with Crippen LogP contribution in [0.5, 0.6) is 0 Å². The molecule has 150 valence electrons. The third-order valence-electron chi connectivity index (χ3n) is 4.84. The Kier molecular flexibility index (Phi) is 7.19. The zero-order valence-corrected chi connectivity index (χ0v) is 17.5. The lowest BCUT2D eigenvalue weighted by Crippen LogP contribution is -2.35. The second kappa shape index (κ2) is 10.0. The Balaban J connectivity index is 1.91. The summed E-state index contributed by atoms with van der Waals surface area (Å²) in [6, 6.07) is 11.8. The van der Waals surface area contributed by atoms with E-state index in [1.807, 2.05) is 41.3 Å². The van der Waals surface area contributed by atoms with Crippen LogP contribution in [0.1, 0.15) is 36.5 Å². The minimum atomic E-state index is -0.215. The predicted octanol–water partition coefficient (Wildman–Crippen LogP) is 5.67. The largest absolute Gasteiger partial charge is 0.339 e. The maximum Gasteiger partial charge on any atom is 0.256 e. The van der Waals surface area contributed by atoms with E-state index in [0.717, 1.165) is 42.8 Å². The number of anilines is 1. The molecule has 0 radical (unpaired) electrons. The Morgan fingerprint density at radius 2 is 1.83 bits per heavy atom. The first-order valence-electron chi connectivity index (χ1n) is 9.86. The summed E-state index contributed by atoms with van der Waals surface area (Å²) >= 11 is 1.44.